The van der Waals surface area contributed by atoms with Crippen molar-refractivity contribution in [2.75, 3.05) is 0 Å². The summed E-state index contributed by atoms with van der Waals surface area (Å²) in [4.78, 5) is 0. The van der Waals surface area contributed by atoms with Gasteiger partial charge in [0.2, 0.25) is 0 Å². The number of aliphatic hydroxyl groups is 1. The van der Waals surface area contributed by atoms with Gasteiger partial charge < -0.3 is 5.11 Å². The van der Waals surface area contributed by atoms with E-state index >= 15 is 0 Å². The van der Waals surface area contributed by atoms with Crippen molar-refractivity contribution in [2.45, 2.75) is 32.8 Å². The Morgan fingerprint density at radius 2 is 1.69 bits per heavy atom. The summed E-state index contributed by atoms with van der Waals surface area (Å²) >= 11 is 2.31. The molecule has 1 N–H and O–H groups in total. The van der Waals surface area contributed by atoms with Crippen LogP contribution in [0.15, 0.2) is 18.2 Å². The molecule has 0 unspecified atom stereocenters. The second-order valence-electron chi connectivity index (χ2n) is 3.58. The molecule has 72 valence electrons. The molecule has 1 rings (SSSR count). The highest BCUT2D eigenvalue weighted by atomic mass is 127. The van der Waals surface area contributed by atoms with E-state index in [1.54, 1.807) is 0 Å². The van der Waals surface area contributed by atoms with Gasteiger partial charge in [-0.2, -0.15) is 0 Å². The van der Waals surface area contributed by atoms with Crippen molar-refractivity contribution in [2.24, 2.45) is 0 Å². The molecule has 0 aromatic heterocycles. The molecule has 0 radical (unpaired) electrons. The van der Waals surface area contributed by atoms with Crippen LogP contribution < -0.4 is 0 Å². The lowest BCUT2D eigenvalue weighted by Gasteiger charge is -2.14. The third-order valence-electron chi connectivity index (χ3n) is 2.13. The van der Waals surface area contributed by atoms with Crippen LogP contribution in [0.3, 0.4) is 0 Å². The summed E-state index contributed by atoms with van der Waals surface area (Å²) in [7, 11) is 0. The van der Waals surface area contributed by atoms with Crippen LogP contribution >= 0.6 is 22.6 Å². The van der Waals surface area contributed by atoms with Crippen molar-refractivity contribution in [1.29, 1.82) is 0 Å². The lowest BCUT2D eigenvalue weighted by atomic mass is 9.99. The summed E-state index contributed by atoms with van der Waals surface area (Å²) in [6, 6.07) is 6.12. The zero-order valence-electron chi connectivity index (χ0n) is 8.21. The van der Waals surface area contributed by atoms with Crippen molar-refractivity contribution in [3.63, 3.8) is 0 Å². The minimum Gasteiger partial charge on any atom is -0.389 e. The van der Waals surface area contributed by atoms with Gasteiger partial charge in [-0.3, -0.25) is 0 Å². The van der Waals surface area contributed by atoms with Crippen LogP contribution in [0.25, 0.3) is 0 Å². The second kappa shape index (κ2) is 4.42. The normalized spacial score (nSPS) is 13.4. The first-order chi connectivity index (χ1) is 6.04. The van der Waals surface area contributed by atoms with Crippen LogP contribution in [0.4, 0.5) is 0 Å². The Hall–Kier alpha value is -0.0900. The average molecular weight is 290 g/mol. The quantitative estimate of drug-likeness (QED) is 0.827. The maximum Gasteiger partial charge on any atom is 0.0772 e. The van der Waals surface area contributed by atoms with Crippen LogP contribution in [0.2, 0.25) is 0 Å². The lowest BCUT2D eigenvalue weighted by molar-refractivity contribution is 0.198. The van der Waals surface area contributed by atoms with Gasteiger partial charge in [0.1, 0.15) is 0 Å². The minimum atomic E-state index is -0.370. The molecular weight excluding hydrogens is 275 g/mol. The van der Waals surface area contributed by atoms with E-state index < -0.39 is 0 Å². The number of halogens is 1. The highest BCUT2D eigenvalue weighted by Gasteiger charge is 2.11. The molecule has 0 heterocycles. The summed E-state index contributed by atoms with van der Waals surface area (Å²) in [6.45, 7) is 6.15. The van der Waals surface area contributed by atoms with E-state index in [-0.39, 0.29) is 6.10 Å². The van der Waals surface area contributed by atoms with Crippen LogP contribution in [0.5, 0.6) is 0 Å². The van der Waals surface area contributed by atoms with Crippen LogP contribution in [0.1, 0.15) is 43.9 Å². The molecule has 13 heavy (non-hydrogen) atoms. The molecule has 0 saturated carbocycles. The summed E-state index contributed by atoms with van der Waals surface area (Å²) in [5, 5.41) is 9.51. The summed E-state index contributed by atoms with van der Waals surface area (Å²) in [6.07, 6.45) is -0.370. The second-order valence-corrected chi connectivity index (χ2v) is 4.66. The topological polar surface area (TPSA) is 20.2 Å². The number of hydrogen-bond donors (Lipinski definition) is 1. The molecule has 0 amide bonds. The van der Waals surface area contributed by atoms with Gasteiger partial charge in [0.15, 0.2) is 0 Å². The first-order valence-corrected chi connectivity index (χ1v) is 5.58. The molecule has 1 nitrogen and oxygen atoms in total. The zero-order chi connectivity index (χ0) is 10.0. The third-order valence-corrected chi connectivity index (χ3v) is 3.38. The summed E-state index contributed by atoms with van der Waals surface area (Å²) < 4.78 is 1.20. The Bertz CT molecular complexity index is 266. The van der Waals surface area contributed by atoms with Gasteiger partial charge in [-0.1, -0.05) is 32.0 Å². The molecular formula is C11H15IO. The Labute approximate surface area is 93.3 Å². The molecule has 1 atom stereocenters. The summed E-state index contributed by atoms with van der Waals surface area (Å²) in [5.74, 6) is 0.519. The van der Waals surface area contributed by atoms with Gasteiger partial charge >= 0.3 is 0 Å². The van der Waals surface area contributed by atoms with Gasteiger partial charge in [-0.05, 0) is 46.6 Å². The molecule has 1 aromatic carbocycles. The smallest absolute Gasteiger partial charge is 0.0772 e. The van der Waals surface area contributed by atoms with Gasteiger partial charge in [0, 0.05) is 3.57 Å². The molecule has 0 fully saturated rings. The first kappa shape index (κ1) is 11.0. The zero-order valence-corrected chi connectivity index (χ0v) is 10.4. The van der Waals surface area contributed by atoms with Crippen LogP contribution in [-0.4, -0.2) is 5.11 Å². The Morgan fingerprint density at radius 1 is 1.15 bits per heavy atom. The highest BCUT2D eigenvalue weighted by molar-refractivity contribution is 14.1. The van der Waals surface area contributed by atoms with Crippen LogP contribution in [0, 0.1) is 3.57 Å². The van der Waals surface area contributed by atoms with Crippen molar-refractivity contribution >= 4 is 22.6 Å². The summed E-state index contributed by atoms with van der Waals surface area (Å²) in [5.41, 5.74) is 2.35. The monoisotopic (exact) mass is 290 g/mol. The molecule has 1 aromatic rings. The molecule has 0 bridgehead atoms. The maximum atomic E-state index is 9.51. The van der Waals surface area contributed by atoms with Gasteiger partial charge in [0.25, 0.3) is 0 Å². The molecule has 0 saturated heterocycles. The molecule has 2 heteroatoms. The number of hydrogen-bond acceptors (Lipinski definition) is 1. The van der Waals surface area contributed by atoms with Crippen molar-refractivity contribution in [3.8, 4) is 0 Å². The maximum absolute atomic E-state index is 9.51. The Kier molecular flexibility index (Phi) is 3.74. The van der Waals surface area contributed by atoms with E-state index in [4.69, 9.17) is 0 Å². The predicted molar refractivity (Wildman–Crippen MR) is 63.9 cm³/mol. The molecule has 0 spiro atoms. The largest absolute Gasteiger partial charge is 0.389 e. The van der Waals surface area contributed by atoms with Crippen molar-refractivity contribution in [1.82, 2.24) is 0 Å². The SMILES string of the molecule is CC(C)c1cccc([C@H](C)O)c1I. The third kappa shape index (κ3) is 2.44. The minimum absolute atomic E-state index is 0.370. The number of aliphatic hydroxyl groups excluding tert-OH is 1. The van der Waals surface area contributed by atoms with E-state index in [0.29, 0.717) is 5.92 Å². The fraction of sp³-hybridized carbons (Fsp3) is 0.455. The van der Waals surface area contributed by atoms with Crippen LogP contribution in [-0.2, 0) is 0 Å². The van der Waals surface area contributed by atoms with Gasteiger partial charge in [-0.25, -0.2) is 0 Å². The van der Waals surface area contributed by atoms with Gasteiger partial charge in [0.05, 0.1) is 6.10 Å². The Balaban J connectivity index is 3.18. The first-order valence-electron chi connectivity index (χ1n) is 4.50. The highest BCUT2D eigenvalue weighted by Crippen LogP contribution is 2.27. The molecule has 0 aliphatic heterocycles. The van der Waals surface area contributed by atoms with E-state index in [1.165, 1.54) is 9.13 Å². The molecule has 0 aliphatic carbocycles. The van der Waals surface area contributed by atoms with Crippen molar-refractivity contribution < 1.29 is 5.11 Å². The average Bonchev–Trinajstić information content (AvgIpc) is 2.03. The van der Waals surface area contributed by atoms with Crippen molar-refractivity contribution in [3.05, 3.63) is 32.9 Å². The predicted octanol–water partition coefficient (Wildman–Crippen LogP) is 3.47. The Morgan fingerprint density at radius 3 is 2.15 bits per heavy atom. The van der Waals surface area contributed by atoms with E-state index in [1.807, 2.05) is 19.1 Å². The van der Waals surface area contributed by atoms with E-state index in [9.17, 15) is 5.11 Å². The number of benzene rings is 1. The fourth-order valence-corrected chi connectivity index (χ4v) is 2.77. The van der Waals surface area contributed by atoms with E-state index in [0.717, 1.165) is 5.56 Å². The van der Waals surface area contributed by atoms with Gasteiger partial charge in [-0.15, -0.1) is 0 Å². The lowest BCUT2D eigenvalue weighted by Crippen LogP contribution is -2.00. The van der Waals surface area contributed by atoms with E-state index in [2.05, 4.69) is 42.5 Å². The standard InChI is InChI=1S/C11H15IO/c1-7(2)9-5-4-6-10(8(3)13)11(9)12/h4-8,13H,1-3H3/t8-/m0/s1. The number of rotatable bonds is 2. The fourth-order valence-electron chi connectivity index (χ4n) is 1.34. The molecule has 0 aliphatic rings.